The highest BCUT2D eigenvalue weighted by Crippen LogP contribution is 2.66. The van der Waals surface area contributed by atoms with Gasteiger partial charge in [0.05, 0.1) is 13.2 Å². The molecule has 0 aromatic carbocycles. The van der Waals surface area contributed by atoms with Gasteiger partial charge in [0.2, 0.25) is 0 Å². The van der Waals surface area contributed by atoms with Crippen molar-refractivity contribution in [1.82, 2.24) is 9.55 Å². The molecule has 3 heterocycles. The van der Waals surface area contributed by atoms with Crippen LogP contribution < -0.4 is 11.2 Å². The van der Waals surface area contributed by atoms with Gasteiger partial charge in [0.1, 0.15) is 17.8 Å². The third-order valence-corrected chi connectivity index (χ3v) is 7.80. The number of hydrogen-bond donors (Lipinski definition) is 6. The van der Waals surface area contributed by atoms with E-state index in [1.165, 1.54) is 0 Å². The van der Waals surface area contributed by atoms with Gasteiger partial charge in [-0.1, -0.05) is 0 Å². The molecule has 17 nitrogen and oxygen atoms in total. The monoisotopic (exact) mass is 496 g/mol. The molecule has 3 rings (SSSR count). The lowest BCUT2D eigenvalue weighted by molar-refractivity contribution is -0.186. The van der Waals surface area contributed by atoms with E-state index in [0.29, 0.717) is 0 Å². The third kappa shape index (κ3) is 5.06. The molecule has 6 atom stereocenters. The first kappa shape index (κ1) is 23.6. The van der Waals surface area contributed by atoms with E-state index in [-0.39, 0.29) is 6.61 Å². The molecule has 5 unspecified atom stereocenters. The standard InChI is InChI=1S/C10H15N2O15P3/c13-5-1-2-12(9(15)11-5)8-6-7(14)10(25-8,3-23-6)4-24-29(19,20)27-30(21,22)26-28(16,17)18/h1-2,6-8,14H,3-4H2,(H,19,20)(H,21,22)(H,11,13,15)(H2,16,17,18)/t6?,7?,8?,10-/m1/s1. The summed E-state index contributed by atoms with van der Waals surface area (Å²) in [6, 6.07) is 1.00. The molecule has 2 fully saturated rings. The van der Waals surface area contributed by atoms with Gasteiger partial charge in [-0.05, 0) is 0 Å². The van der Waals surface area contributed by atoms with Gasteiger partial charge in [0, 0.05) is 12.3 Å². The number of hydrogen-bond acceptors (Lipinski definition) is 11. The summed E-state index contributed by atoms with van der Waals surface area (Å²) in [5.74, 6) is 0. The van der Waals surface area contributed by atoms with Crippen LogP contribution in [0.2, 0.25) is 0 Å². The normalized spacial score (nSPS) is 32.6. The number of aromatic nitrogens is 2. The van der Waals surface area contributed by atoms with Crippen molar-refractivity contribution in [2.45, 2.75) is 24.0 Å². The van der Waals surface area contributed by atoms with Crippen LogP contribution >= 0.6 is 23.5 Å². The summed E-state index contributed by atoms with van der Waals surface area (Å²) in [5, 5.41) is 10.4. The lowest BCUT2D eigenvalue weighted by Crippen LogP contribution is -2.45. The fourth-order valence-electron chi connectivity index (χ4n) is 2.86. The van der Waals surface area contributed by atoms with E-state index in [0.717, 1.165) is 16.8 Å². The van der Waals surface area contributed by atoms with Crippen molar-refractivity contribution in [3.8, 4) is 0 Å². The summed E-state index contributed by atoms with van der Waals surface area (Å²) in [4.78, 5) is 60.7. The molecule has 2 aliphatic heterocycles. The Balaban J connectivity index is 1.73. The second-order valence-corrected chi connectivity index (χ2v) is 10.6. The van der Waals surface area contributed by atoms with Crippen molar-refractivity contribution in [3.63, 3.8) is 0 Å². The summed E-state index contributed by atoms with van der Waals surface area (Å²) < 4.78 is 57.2. The smallest absolute Gasteiger partial charge is 0.387 e. The topological polar surface area (TPSA) is 253 Å². The van der Waals surface area contributed by atoms with E-state index in [1.807, 2.05) is 4.98 Å². The quantitative estimate of drug-likeness (QED) is 0.211. The molecule has 0 amide bonds. The van der Waals surface area contributed by atoms with Crippen LogP contribution in [0.15, 0.2) is 21.9 Å². The molecule has 2 aliphatic rings. The average molecular weight is 496 g/mol. The van der Waals surface area contributed by atoms with Crippen LogP contribution in [0.25, 0.3) is 0 Å². The van der Waals surface area contributed by atoms with E-state index < -0.39 is 65.4 Å². The summed E-state index contributed by atoms with van der Waals surface area (Å²) in [7, 11) is -16.7. The minimum atomic E-state index is -5.72. The molecule has 1 aromatic rings. The van der Waals surface area contributed by atoms with Gasteiger partial charge in [-0.25, -0.2) is 18.5 Å². The predicted molar refractivity (Wildman–Crippen MR) is 89.7 cm³/mol. The summed E-state index contributed by atoms with van der Waals surface area (Å²) in [6.45, 7) is -1.35. The molecule has 30 heavy (non-hydrogen) atoms. The maximum absolute atomic E-state index is 11.9. The average Bonchev–Trinajstić information content (AvgIpc) is 3.00. The Labute approximate surface area is 165 Å². The van der Waals surface area contributed by atoms with Crippen LogP contribution in [0.5, 0.6) is 0 Å². The molecule has 1 aromatic heterocycles. The molecule has 20 heteroatoms. The number of rotatable bonds is 8. The van der Waals surface area contributed by atoms with Crippen LogP contribution in [0.3, 0.4) is 0 Å². The minimum absolute atomic E-state index is 0.386. The minimum Gasteiger partial charge on any atom is -0.387 e. The second kappa shape index (κ2) is 7.83. The van der Waals surface area contributed by atoms with Crippen molar-refractivity contribution >= 4 is 23.5 Å². The van der Waals surface area contributed by atoms with Gasteiger partial charge in [-0.2, -0.15) is 8.62 Å². The molecule has 0 spiro atoms. The van der Waals surface area contributed by atoms with Gasteiger partial charge in [0.15, 0.2) is 6.23 Å². The first-order chi connectivity index (χ1) is 13.6. The molecule has 0 saturated carbocycles. The Morgan fingerprint density at radius 2 is 1.83 bits per heavy atom. The number of phosphoric ester groups is 1. The predicted octanol–water partition coefficient (Wildman–Crippen LogP) is -2.09. The Kier molecular flexibility index (Phi) is 6.17. The van der Waals surface area contributed by atoms with Gasteiger partial charge in [-0.3, -0.25) is 18.9 Å². The van der Waals surface area contributed by atoms with Crippen molar-refractivity contribution in [2.24, 2.45) is 0 Å². The third-order valence-electron chi connectivity index (χ3n) is 4.02. The van der Waals surface area contributed by atoms with Crippen molar-refractivity contribution < 1.29 is 61.0 Å². The van der Waals surface area contributed by atoms with Crippen molar-refractivity contribution in [2.75, 3.05) is 13.2 Å². The fourth-order valence-corrected chi connectivity index (χ4v) is 5.94. The SMILES string of the molecule is O=c1ccn(C2O[C@@]3(COP(=O)(O)OP(=O)(O)OP(=O)(O)O)COC2C3O)c(=O)[nH]1. The highest BCUT2D eigenvalue weighted by atomic mass is 31.3. The molecule has 2 saturated heterocycles. The Morgan fingerprint density at radius 3 is 2.43 bits per heavy atom. The zero-order valence-electron chi connectivity index (χ0n) is 14.4. The molecule has 6 N–H and O–H groups in total. The molecular weight excluding hydrogens is 481 g/mol. The number of phosphoric acid groups is 3. The van der Waals surface area contributed by atoms with Gasteiger partial charge in [0.25, 0.3) is 5.56 Å². The number of aromatic amines is 1. The van der Waals surface area contributed by atoms with Crippen molar-refractivity contribution in [1.29, 1.82) is 0 Å². The second-order valence-electron chi connectivity index (χ2n) is 6.18. The first-order valence-electron chi connectivity index (χ1n) is 7.70. The summed E-state index contributed by atoms with van der Waals surface area (Å²) in [5.41, 5.74) is -3.40. The molecular formula is C10H15N2O15P3. The van der Waals surface area contributed by atoms with E-state index in [1.54, 1.807) is 0 Å². The summed E-state index contributed by atoms with van der Waals surface area (Å²) in [6.07, 6.45) is -2.84. The lowest BCUT2D eigenvalue weighted by Gasteiger charge is -2.31. The summed E-state index contributed by atoms with van der Waals surface area (Å²) >= 11 is 0. The maximum atomic E-state index is 11.9. The Hall–Kier alpha value is -1.03. The molecule has 2 bridgehead atoms. The van der Waals surface area contributed by atoms with Crippen LogP contribution in [0.4, 0.5) is 0 Å². The van der Waals surface area contributed by atoms with Crippen LogP contribution in [0, 0.1) is 0 Å². The van der Waals surface area contributed by atoms with Gasteiger partial charge < -0.3 is 34.2 Å². The van der Waals surface area contributed by atoms with E-state index >= 15 is 0 Å². The molecule has 170 valence electrons. The van der Waals surface area contributed by atoms with Gasteiger partial charge in [-0.15, -0.1) is 0 Å². The number of ether oxygens (including phenoxy) is 2. The molecule has 0 radical (unpaired) electrons. The van der Waals surface area contributed by atoms with Crippen LogP contribution in [-0.2, 0) is 36.3 Å². The Morgan fingerprint density at radius 1 is 1.17 bits per heavy atom. The Bertz CT molecular complexity index is 1080. The fraction of sp³-hybridized carbons (Fsp3) is 0.600. The number of aliphatic hydroxyl groups is 1. The van der Waals surface area contributed by atoms with Gasteiger partial charge >= 0.3 is 29.2 Å². The largest absolute Gasteiger partial charge is 0.490 e. The number of nitrogens with one attached hydrogen (secondary N) is 1. The van der Waals surface area contributed by atoms with Crippen molar-refractivity contribution in [3.05, 3.63) is 33.1 Å². The van der Waals surface area contributed by atoms with E-state index in [2.05, 4.69) is 13.1 Å². The van der Waals surface area contributed by atoms with Crippen LogP contribution in [0.1, 0.15) is 6.23 Å². The maximum Gasteiger partial charge on any atom is 0.490 e. The number of aliphatic hydroxyl groups excluding tert-OH is 1. The number of nitrogens with zero attached hydrogens (tertiary/aromatic N) is 1. The number of fused-ring (bicyclic) bond motifs is 2. The zero-order valence-corrected chi connectivity index (χ0v) is 17.1. The van der Waals surface area contributed by atoms with E-state index in [9.17, 15) is 33.3 Å². The first-order valence-corrected chi connectivity index (χ1v) is 12.2. The highest BCUT2D eigenvalue weighted by molar-refractivity contribution is 7.66. The van der Waals surface area contributed by atoms with Crippen LogP contribution in [-0.4, -0.2) is 65.3 Å². The highest BCUT2D eigenvalue weighted by Gasteiger charge is 2.63. The molecule has 0 aliphatic carbocycles. The zero-order chi connectivity index (χ0) is 22.5. The van der Waals surface area contributed by atoms with E-state index in [4.69, 9.17) is 24.2 Å². The number of H-pyrrole nitrogens is 1. The lowest BCUT2D eigenvalue weighted by atomic mass is 10.0.